The SMILES string of the molecule is CN=C(NCCc1nc(C(C)(C)C)cs1)NCCN1C(=O)C2C3C=CC(C3)C2C1=O.I. The standard InChI is InChI=1S/C22H31N5O2S.HI/c1-22(2,3)15-12-30-16(26-15)7-8-24-21(23-4)25-9-10-27-19(28)17-13-5-6-14(11-13)18(17)20(27)29;/h5-6,12-14,17-18H,7-11H2,1-4H3,(H2,23,24,25);1H. The Balaban J connectivity index is 0.00000272. The van der Waals surface area contributed by atoms with Crippen LogP contribution in [0.5, 0.6) is 0 Å². The van der Waals surface area contributed by atoms with E-state index in [0.29, 0.717) is 19.0 Å². The van der Waals surface area contributed by atoms with Gasteiger partial charge in [0.15, 0.2) is 5.96 Å². The molecule has 4 rings (SSSR count). The van der Waals surface area contributed by atoms with Gasteiger partial charge in [-0.05, 0) is 18.3 Å². The average Bonchev–Trinajstić information content (AvgIpc) is 3.46. The largest absolute Gasteiger partial charge is 0.356 e. The lowest BCUT2D eigenvalue weighted by molar-refractivity contribution is -0.140. The Kier molecular flexibility index (Phi) is 7.45. The molecule has 1 saturated carbocycles. The maximum Gasteiger partial charge on any atom is 0.233 e. The van der Waals surface area contributed by atoms with Gasteiger partial charge in [-0.3, -0.25) is 19.5 Å². The van der Waals surface area contributed by atoms with Crippen LogP contribution < -0.4 is 10.6 Å². The average molecular weight is 558 g/mol. The normalized spacial score (nSPS) is 27.0. The van der Waals surface area contributed by atoms with E-state index in [0.717, 1.165) is 30.1 Å². The van der Waals surface area contributed by atoms with Gasteiger partial charge in [0.25, 0.3) is 0 Å². The monoisotopic (exact) mass is 557 g/mol. The molecule has 170 valence electrons. The second-order valence-electron chi connectivity index (χ2n) is 9.38. The van der Waals surface area contributed by atoms with Crippen LogP contribution in [0.3, 0.4) is 0 Å². The summed E-state index contributed by atoms with van der Waals surface area (Å²) in [5, 5.41) is 9.73. The molecular formula is C22H32IN5O2S. The number of carbonyl (C=O) groups excluding carboxylic acids is 2. The first-order valence-corrected chi connectivity index (χ1v) is 11.6. The summed E-state index contributed by atoms with van der Waals surface area (Å²) < 4.78 is 0. The Morgan fingerprint density at radius 2 is 1.77 bits per heavy atom. The number of halogens is 1. The fourth-order valence-corrected chi connectivity index (χ4v) is 5.77. The lowest BCUT2D eigenvalue weighted by Gasteiger charge is -2.18. The quantitative estimate of drug-likeness (QED) is 0.185. The highest BCUT2D eigenvalue weighted by Crippen LogP contribution is 2.52. The number of imide groups is 1. The Bertz CT molecular complexity index is 861. The van der Waals surface area contributed by atoms with E-state index >= 15 is 0 Å². The fourth-order valence-electron chi connectivity index (χ4n) is 4.75. The number of hydrogen-bond donors (Lipinski definition) is 2. The number of carbonyl (C=O) groups is 2. The highest BCUT2D eigenvalue weighted by molar-refractivity contribution is 14.0. The van der Waals surface area contributed by atoms with Crippen molar-refractivity contribution in [2.24, 2.45) is 28.7 Å². The molecule has 7 nitrogen and oxygen atoms in total. The van der Waals surface area contributed by atoms with Crippen LogP contribution in [0, 0.1) is 23.7 Å². The van der Waals surface area contributed by atoms with Crippen LogP contribution >= 0.6 is 35.3 Å². The number of thiazole rings is 1. The van der Waals surface area contributed by atoms with E-state index in [1.54, 1.807) is 18.4 Å². The number of allylic oxidation sites excluding steroid dienone is 2. The second-order valence-corrected chi connectivity index (χ2v) is 10.3. The van der Waals surface area contributed by atoms with Gasteiger partial charge in [-0.15, -0.1) is 35.3 Å². The molecule has 2 bridgehead atoms. The zero-order valence-corrected chi connectivity index (χ0v) is 21.7. The minimum absolute atomic E-state index is 0. The van der Waals surface area contributed by atoms with Gasteiger partial charge in [-0.2, -0.15) is 0 Å². The number of hydrogen-bond acceptors (Lipinski definition) is 5. The maximum atomic E-state index is 12.7. The summed E-state index contributed by atoms with van der Waals surface area (Å²) in [7, 11) is 1.72. The molecule has 0 spiro atoms. The third-order valence-corrected chi connectivity index (χ3v) is 7.27. The number of nitrogens with zero attached hydrogens (tertiary/aromatic N) is 3. The highest BCUT2D eigenvalue weighted by atomic mass is 127. The number of likely N-dealkylation sites (tertiary alicyclic amines) is 1. The number of aromatic nitrogens is 1. The van der Waals surface area contributed by atoms with Crippen LogP contribution in [0.2, 0.25) is 0 Å². The summed E-state index contributed by atoms with van der Waals surface area (Å²) in [5.41, 5.74) is 1.19. The minimum Gasteiger partial charge on any atom is -0.356 e. The Morgan fingerprint density at radius 3 is 2.32 bits per heavy atom. The molecule has 1 aromatic heterocycles. The van der Waals surface area contributed by atoms with Crippen LogP contribution in [0.4, 0.5) is 0 Å². The van der Waals surface area contributed by atoms with E-state index in [4.69, 9.17) is 4.98 Å². The summed E-state index contributed by atoms with van der Waals surface area (Å²) >= 11 is 1.69. The van der Waals surface area contributed by atoms with Gasteiger partial charge in [0.1, 0.15) is 0 Å². The van der Waals surface area contributed by atoms with E-state index in [2.05, 4.69) is 53.9 Å². The lowest BCUT2D eigenvalue weighted by Crippen LogP contribution is -2.44. The number of guanidine groups is 1. The number of aliphatic imine (C=N–C) groups is 1. The number of nitrogens with one attached hydrogen (secondary N) is 2. The Hall–Kier alpha value is -1.49. The van der Waals surface area contributed by atoms with Crippen LogP contribution in [-0.4, -0.2) is 54.3 Å². The molecule has 4 unspecified atom stereocenters. The summed E-state index contributed by atoms with van der Waals surface area (Å²) in [5.74, 6) is 0.947. The molecule has 3 aliphatic rings. The first-order chi connectivity index (χ1) is 14.3. The molecule has 9 heteroatoms. The van der Waals surface area contributed by atoms with Crippen molar-refractivity contribution in [2.75, 3.05) is 26.7 Å². The molecule has 1 aromatic rings. The zero-order chi connectivity index (χ0) is 21.5. The van der Waals surface area contributed by atoms with Crippen LogP contribution in [-0.2, 0) is 21.4 Å². The van der Waals surface area contributed by atoms with E-state index in [9.17, 15) is 9.59 Å². The van der Waals surface area contributed by atoms with Gasteiger partial charge < -0.3 is 10.6 Å². The number of fused-ring (bicyclic) bond motifs is 5. The lowest BCUT2D eigenvalue weighted by atomic mass is 9.85. The maximum absolute atomic E-state index is 12.7. The van der Waals surface area contributed by atoms with Crippen molar-refractivity contribution in [3.8, 4) is 0 Å². The van der Waals surface area contributed by atoms with Crippen molar-refractivity contribution in [3.63, 3.8) is 0 Å². The van der Waals surface area contributed by atoms with Gasteiger partial charge in [-0.25, -0.2) is 4.98 Å². The summed E-state index contributed by atoms with van der Waals surface area (Å²) in [6, 6.07) is 0. The predicted molar refractivity (Wildman–Crippen MR) is 134 cm³/mol. The molecule has 2 amide bonds. The smallest absolute Gasteiger partial charge is 0.233 e. The van der Waals surface area contributed by atoms with E-state index in [1.165, 1.54) is 4.90 Å². The van der Waals surface area contributed by atoms with Crippen LogP contribution in [0.25, 0.3) is 0 Å². The van der Waals surface area contributed by atoms with Crippen molar-refractivity contribution in [2.45, 2.75) is 39.0 Å². The van der Waals surface area contributed by atoms with Gasteiger partial charge >= 0.3 is 0 Å². The van der Waals surface area contributed by atoms with Gasteiger partial charge in [0.05, 0.1) is 22.5 Å². The minimum atomic E-state index is -0.124. The summed E-state index contributed by atoms with van der Waals surface area (Å²) in [4.78, 5) is 35.8. The molecular weight excluding hydrogens is 525 g/mol. The fraction of sp³-hybridized carbons (Fsp3) is 0.636. The summed E-state index contributed by atoms with van der Waals surface area (Å²) in [6.07, 6.45) is 6.03. The molecule has 0 radical (unpaired) electrons. The Morgan fingerprint density at radius 1 is 1.16 bits per heavy atom. The van der Waals surface area contributed by atoms with E-state index in [-0.39, 0.29) is 64.9 Å². The van der Waals surface area contributed by atoms with Gasteiger partial charge in [-0.1, -0.05) is 32.9 Å². The highest BCUT2D eigenvalue weighted by Gasteiger charge is 2.58. The van der Waals surface area contributed by atoms with E-state index < -0.39 is 0 Å². The Labute approximate surface area is 205 Å². The molecule has 4 atom stereocenters. The molecule has 1 aliphatic heterocycles. The third kappa shape index (κ3) is 4.81. The molecule has 2 aliphatic carbocycles. The number of amides is 2. The van der Waals surface area contributed by atoms with Gasteiger partial charge in [0.2, 0.25) is 11.8 Å². The van der Waals surface area contributed by atoms with Crippen molar-refractivity contribution < 1.29 is 9.59 Å². The van der Waals surface area contributed by atoms with Crippen molar-refractivity contribution >= 4 is 53.1 Å². The number of rotatable bonds is 6. The molecule has 1 saturated heterocycles. The third-order valence-electron chi connectivity index (χ3n) is 6.36. The summed E-state index contributed by atoms with van der Waals surface area (Å²) in [6.45, 7) is 8.09. The van der Waals surface area contributed by atoms with Crippen LogP contribution in [0.1, 0.15) is 37.9 Å². The molecule has 31 heavy (non-hydrogen) atoms. The molecule has 2 N–H and O–H groups in total. The molecule has 2 fully saturated rings. The molecule has 0 aromatic carbocycles. The second kappa shape index (κ2) is 9.56. The molecule has 2 heterocycles. The predicted octanol–water partition coefficient (Wildman–Crippen LogP) is 2.57. The van der Waals surface area contributed by atoms with Crippen LogP contribution in [0.15, 0.2) is 22.5 Å². The first kappa shape index (κ1) is 24.2. The van der Waals surface area contributed by atoms with Crippen molar-refractivity contribution in [1.29, 1.82) is 0 Å². The topological polar surface area (TPSA) is 86.7 Å². The van der Waals surface area contributed by atoms with Crippen molar-refractivity contribution in [1.82, 2.24) is 20.5 Å². The van der Waals surface area contributed by atoms with E-state index in [1.807, 2.05) is 0 Å². The van der Waals surface area contributed by atoms with Crippen molar-refractivity contribution in [3.05, 3.63) is 28.2 Å². The van der Waals surface area contributed by atoms with Gasteiger partial charge in [0, 0.05) is 43.9 Å². The zero-order valence-electron chi connectivity index (χ0n) is 18.6. The first-order valence-electron chi connectivity index (χ1n) is 10.7.